The van der Waals surface area contributed by atoms with Gasteiger partial charge in [0.1, 0.15) is 0 Å². The fourth-order valence-corrected chi connectivity index (χ4v) is 2.50. The van der Waals surface area contributed by atoms with Crippen molar-refractivity contribution in [2.24, 2.45) is 5.10 Å². The lowest BCUT2D eigenvalue weighted by atomic mass is 10.1. The maximum absolute atomic E-state index is 11.7. The standard InChI is InChI=1S/C15H21N5O4/c1-3-4-11-8-14(21)18-15(17-11)19-16-9-10-5-6-13(24-2)12(7-10)20(22)23/h5-7,9,11,15,17,19H,3-4,8H2,1-2H3,(H,18,21)/b16-9+. The number of carbonyl (C=O) groups is 1. The van der Waals surface area contributed by atoms with Gasteiger partial charge >= 0.3 is 5.69 Å². The number of nitrogens with one attached hydrogen (secondary N) is 3. The number of amides is 1. The molecule has 1 aliphatic rings. The molecule has 2 rings (SSSR count). The van der Waals surface area contributed by atoms with Crippen LogP contribution >= 0.6 is 0 Å². The molecular formula is C15H21N5O4. The van der Waals surface area contributed by atoms with Gasteiger partial charge in [-0.1, -0.05) is 13.3 Å². The highest BCUT2D eigenvalue weighted by Gasteiger charge is 2.24. The molecule has 0 aliphatic carbocycles. The number of nitrogens with zero attached hydrogens (tertiary/aromatic N) is 2. The van der Waals surface area contributed by atoms with E-state index in [2.05, 4.69) is 28.1 Å². The third kappa shape index (κ3) is 4.66. The van der Waals surface area contributed by atoms with E-state index in [1.165, 1.54) is 25.5 Å². The average Bonchev–Trinajstić information content (AvgIpc) is 2.54. The molecule has 1 heterocycles. The Morgan fingerprint density at radius 1 is 1.54 bits per heavy atom. The van der Waals surface area contributed by atoms with Gasteiger partial charge in [-0.2, -0.15) is 5.10 Å². The summed E-state index contributed by atoms with van der Waals surface area (Å²) >= 11 is 0. The van der Waals surface area contributed by atoms with Crippen LogP contribution in [0.2, 0.25) is 0 Å². The molecule has 2 unspecified atom stereocenters. The lowest BCUT2D eigenvalue weighted by molar-refractivity contribution is -0.385. The number of hydrazone groups is 1. The van der Waals surface area contributed by atoms with Gasteiger partial charge in [-0.3, -0.25) is 25.7 Å². The summed E-state index contributed by atoms with van der Waals surface area (Å²) in [5.74, 6) is 0.147. The summed E-state index contributed by atoms with van der Waals surface area (Å²) in [5.41, 5.74) is 3.20. The normalized spacial score (nSPS) is 20.7. The van der Waals surface area contributed by atoms with Crippen molar-refractivity contribution < 1.29 is 14.5 Å². The van der Waals surface area contributed by atoms with Gasteiger partial charge < -0.3 is 10.1 Å². The summed E-state index contributed by atoms with van der Waals surface area (Å²) in [6, 6.07) is 4.65. The topological polar surface area (TPSA) is 118 Å². The first-order valence-corrected chi connectivity index (χ1v) is 7.70. The van der Waals surface area contributed by atoms with Crippen molar-refractivity contribution in [1.82, 2.24) is 16.1 Å². The number of nitro groups is 1. The molecule has 9 heteroatoms. The average molecular weight is 335 g/mol. The van der Waals surface area contributed by atoms with Crippen molar-refractivity contribution in [2.45, 2.75) is 38.5 Å². The molecule has 1 amide bonds. The van der Waals surface area contributed by atoms with Gasteiger partial charge in [0.15, 0.2) is 12.0 Å². The van der Waals surface area contributed by atoms with E-state index in [9.17, 15) is 14.9 Å². The summed E-state index contributed by atoms with van der Waals surface area (Å²) in [6.45, 7) is 2.06. The molecule has 1 aromatic rings. The molecule has 0 bridgehead atoms. The van der Waals surface area contributed by atoms with Crippen LogP contribution in [0.5, 0.6) is 5.75 Å². The molecule has 130 valence electrons. The quantitative estimate of drug-likeness (QED) is 0.390. The molecular weight excluding hydrogens is 314 g/mol. The van der Waals surface area contributed by atoms with E-state index >= 15 is 0 Å². The van der Waals surface area contributed by atoms with Crippen LogP contribution in [0, 0.1) is 10.1 Å². The third-order valence-corrected chi connectivity index (χ3v) is 3.59. The Morgan fingerprint density at radius 2 is 2.33 bits per heavy atom. The summed E-state index contributed by atoms with van der Waals surface area (Å²) in [7, 11) is 1.38. The highest BCUT2D eigenvalue weighted by molar-refractivity contribution is 5.81. The highest BCUT2D eigenvalue weighted by Crippen LogP contribution is 2.26. The second kappa shape index (κ2) is 8.25. The number of benzene rings is 1. The predicted molar refractivity (Wildman–Crippen MR) is 88.8 cm³/mol. The fraction of sp³-hybridized carbons (Fsp3) is 0.467. The molecule has 0 spiro atoms. The summed E-state index contributed by atoms with van der Waals surface area (Å²) in [4.78, 5) is 22.1. The van der Waals surface area contributed by atoms with E-state index < -0.39 is 11.2 Å². The molecule has 1 aliphatic heterocycles. The Labute approximate surface area is 139 Å². The number of hydrogen-bond donors (Lipinski definition) is 3. The molecule has 3 N–H and O–H groups in total. The maximum atomic E-state index is 11.7. The number of methoxy groups -OCH3 is 1. The van der Waals surface area contributed by atoms with Gasteiger partial charge in [-0.15, -0.1) is 0 Å². The van der Waals surface area contributed by atoms with E-state index in [1.54, 1.807) is 6.07 Å². The van der Waals surface area contributed by atoms with E-state index in [4.69, 9.17) is 4.74 Å². The van der Waals surface area contributed by atoms with Crippen LogP contribution in [0.1, 0.15) is 31.7 Å². The highest BCUT2D eigenvalue weighted by atomic mass is 16.6. The van der Waals surface area contributed by atoms with Gasteiger partial charge in [0, 0.05) is 24.1 Å². The Bertz CT molecular complexity index is 634. The zero-order chi connectivity index (χ0) is 17.5. The van der Waals surface area contributed by atoms with Crippen LogP contribution in [-0.4, -0.2) is 36.5 Å². The fourth-order valence-electron chi connectivity index (χ4n) is 2.50. The largest absolute Gasteiger partial charge is 0.490 e. The van der Waals surface area contributed by atoms with Gasteiger partial charge in [-0.05, 0) is 18.6 Å². The Kier molecular flexibility index (Phi) is 6.07. The minimum Gasteiger partial charge on any atom is -0.490 e. The summed E-state index contributed by atoms with van der Waals surface area (Å²) in [5, 5.41) is 21.0. The zero-order valence-electron chi connectivity index (χ0n) is 13.6. The lowest BCUT2D eigenvalue weighted by Gasteiger charge is -2.30. The van der Waals surface area contributed by atoms with Gasteiger partial charge in [-0.25, -0.2) is 0 Å². The Balaban J connectivity index is 1.99. The van der Waals surface area contributed by atoms with Crippen molar-refractivity contribution in [3.8, 4) is 5.75 Å². The first-order valence-electron chi connectivity index (χ1n) is 7.70. The van der Waals surface area contributed by atoms with Crippen LogP contribution < -0.4 is 20.8 Å². The second-order valence-electron chi connectivity index (χ2n) is 5.43. The van der Waals surface area contributed by atoms with Gasteiger partial charge in [0.25, 0.3) is 0 Å². The third-order valence-electron chi connectivity index (χ3n) is 3.59. The minimum absolute atomic E-state index is 0.0417. The number of nitro benzene ring substituents is 1. The molecule has 9 nitrogen and oxygen atoms in total. The Hall–Kier alpha value is -2.68. The first-order chi connectivity index (χ1) is 11.5. The minimum atomic E-state index is -0.512. The SMILES string of the molecule is CCCC1CC(=O)NC(N/N=C/c2ccc(OC)c([N+](=O)[O-])c2)N1. The second-order valence-corrected chi connectivity index (χ2v) is 5.43. The maximum Gasteiger partial charge on any atom is 0.311 e. The van der Waals surface area contributed by atoms with Crippen molar-refractivity contribution >= 4 is 17.8 Å². The summed E-state index contributed by atoms with van der Waals surface area (Å²) in [6.07, 6.45) is 3.31. The molecule has 1 aromatic carbocycles. The molecule has 1 saturated heterocycles. The molecule has 0 aromatic heterocycles. The van der Waals surface area contributed by atoms with Crippen molar-refractivity contribution in [3.05, 3.63) is 33.9 Å². The summed E-state index contributed by atoms with van der Waals surface area (Å²) < 4.78 is 4.95. The van der Waals surface area contributed by atoms with Crippen LogP contribution in [0.25, 0.3) is 0 Å². The van der Waals surface area contributed by atoms with Crippen LogP contribution in [0.3, 0.4) is 0 Å². The number of ether oxygens (including phenoxy) is 1. The molecule has 24 heavy (non-hydrogen) atoms. The number of rotatable bonds is 7. The van der Waals surface area contributed by atoms with E-state index in [1.807, 2.05) is 0 Å². The van der Waals surface area contributed by atoms with Gasteiger partial charge in [0.2, 0.25) is 5.91 Å². The van der Waals surface area contributed by atoms with Crippen LogP contribution in [0.15, 0.2) is 23.3 Å². The zero-order valence-corrected chi connectivity index (χ0v) is 13.6. The molecule has 2 atom stereocenters. The van der Waals surface area contributed by atoms with E-state index in [-0.39, 0.29) is 23.4 Å². The lowest BCUT2D eigenvalue weighted by Crippen LogP contribution is -2.61. The monoisotopic (exact) mass is 335 g/mol. The smallest absolute Gasteiger partial charge is 0.311 e. The first kappa shape index (κ1) is 17.7. The predicted octanol–water partition coefficient (Wildman–Crippen LogP) is 1.09. The van der Waals surface area contributed by atoms with Crippen LogP contribution in [-0.2, 0) is 4.79 Å². The van der Waals surface area contributed by atoms with E-state index in [0.717, 1.165) is 12.8 Å². The number of carbonyl (C=O) groups excluding carboxylic acids is 1. The Morgan fingerprint density at radius 3 is 3.00 bits per heavy atom. The molecule has 0 radical (unpaired) electrons. The van der Waals surface area contributed by atoms with Gasteiger partial charge in [0.05, 0.1) is 18.2 Å². The van der Waals surface area contributed by atoms with Crippen LogP contribution in [0.4, 0.5) is 5.69 Å². The number of hydrogen-bond acceptors (Lipinski definition) is 7. The van der Waals surface area contributed by atoms with Crippen molar-refractivity contribution in [2.75, 3.05) is 7.11 Å². The van der Waals surface area contributed by atoms with Crippen molar-refractivity contribution in [3.63, 3.8) is 0 Å². The molecule has 0 saturated carbocycles. The molecule has 1 fully saturated rings. The van der Waals surface area contributed by atoms with Crippen molar-refractivity contribution in [1.29, 1.82) is 0 Å². The van der Waals surface area contributed by atoms with E-state index in [0.29, 0.717) is 12.0 Å².